The Balaban J connectivity index is 1.56. The second-order valence-electron chi connectivity index (χ2n) is 8.45. The van der Waals surface area contributed by atoms with E-state index in [1.807, 2.05) is 25.1 Å². The Morgan fingerprint density at radius 1 is 0.943 bits per heavy atom. The van der Waals surface area contributed by atoms with Gasteiger partial charge < -0.3 is 15.0 Å². The molecule has 1 unspecified atom stereocenters. The van der Waals surface area contributed by atoms with Crippen molar-refractivity contribution in [1.82, 2.24) is 10.2 Å². The van der Waals surface area contributed by atoms with Crippen molar-refractivity contribution in [2.45, 2.75) is 26.3 Å². The summed E-state index contributed by atoms with van der Waals surface area (Å²) in [4.78, 5) is 15.3. The molecule has 3 rings (SSSR count). The molecule has 1 N–H and O–H groups in total. The third-order valence-corrected chi connectivity index (χ3v) is 6.28. The minimum Gasteiger partial charge on any atom is -0.491 e. The number of para-hydroxylation sites is 1. The number of halogens is 3. The highest BCUT2D eigenvalue weighted by molar-refractivity contribution is 6.32. The van der Waals surface area contributed by atoms with Crippen molar-refractivity contribution in [3.8, 4) is 5.75 Å². The molecule has 1 atom stereocenters. The summed E-state index contributed by atoms with van der Waals surface area (Å²) in [6.45, 7) is 6.72. The van der Waals surface area contributed by atoms with E-state index < -0.39 is 6.04 Å². The van der Waals surface area contributed by atoms with Gasteiger partial charge in [-0.3, -0.25) is 4.79 Å². The van der Waals surface area contributed by atoms with E-state index in [0.29, 0.717) is 30.3 Å². The fourth-order valence-electron chi connectivity index (χ4n) is 3.74. The molecule has 7 heteroatoms. The van der Waals surface area contributed by atoms with E-state index in [9.17, 15) is 13.6 Å². The highest BCUT2D eigenvalue weighted by Gasteiger charge is 2.21. The van der Waals surface area contributed by atoms with Gasteiger partial charge in [-0.2, -0.15) is 0 Å². The summed E-state index contributed by atoms with van der Waals surface area (Å²) >= 11 is 6.14. The van der Waals surface area contributed by atoms with Crippen molar-refractivity contribution in [3.05, 3.63) is 101 Å². The molecule has 3 aromatic carbocycles. The molecule has 35 heavy (non-hydrogen) atoms. The molecule has 0 aliphatic carbocycles. The number of benzene rings is 3. The Kier molecular flexibility index (Phi) is 10.1. The van der Waals surface area contributed by atoms with E-state index in [0.717, 1.165) is 24.2 Å². The lowest BCUT2D eigenvalue weighted by molar-refractivity contribution is -0.125. The molecule has 186 valence electrons. The van der Waals surface area contributed by atoms with Gasteiger partial charge in [0.1, 0.15) is 24.0 Å². The molecule has 0 aromatic heterocycles. The van der Waals surface area contributed by atoms with E-state index in [1.54, 1.807) is 30.3 Å². The molecule has 0 aliphatic rings. The standard InChI is InChI=1S/C28H31ClF2N2O2/c1-3-33(18-19-35-26-7-5-4-6-25(26)29)17-16-20(2)28(34)32-27(21-8-12-23(30)13-9-21)22-10-14-24(31)15-11-22/h4-15,20,27H,3,16-19H2,1-2H3,(H,32,34). The fraction of sp³-hybridized carbons (Fsp3) is 0.321. The summed E-state index contributed by atoms with van der Waals surface area (Å²) < 4.78 is 32.7. The van der Waals surface area contributed by atoms with E-state index in [-0.39, 0.29) is 23.5 Å². The van der Waals surface area contributed by atoms with Gasteiger partial charge in [-0.25, -0.2) is 8.78 Å². The third kappa shape index (κ3) is 8.05. The lowest BCUT2D eigenvalue weighted by atomic mass is 9.97. The first-order valence-electron chi connectivity index (χ1n) is 11.8. The monoisotopic (exact) mass is 500 g/mol. The van der Waals surface area contributed by atoms with E-state index in [2.05, 4.69) is 17.1 Å². The van der Waals surface area contributed by atoms with Gasteiger partial charge in [-0.05, 0) is 67.0 Å². The fourth-order valence-corrected chi connectivity index (χ4v) is 3.93. The average Bonchev–Trinajstić information content (AvgIpc) is 2.86. The Bertz CT molecular complexity index is 1030. The van der Waals surface area contributed by atoms with Crippen LogP contribution in [0.5, 0.6) is 5.75 Å². The van der Waals surface area contributed by atoms with E-state index in [1.165, 1.54) is 24.3 Å². The minimum atomic E-state index is -0.502. The van der Waals surface area contributed by atoms with Crippen LogP contribution in [0.15, 0.2) is 72.8 Å². The van der Waals surface area contributed by atoms with Gasteiger partial charge in [0.05, 0.1) is 11.1 Å². The number of carbonyl (C=O) groups is 1. The van der Waals surface area contributed by atoms with Crippen molar-refractivity contribution in [3.63, 3.8) is 0 Å². The zero-order valence-corrected chi connectivity index (χ0v) is 20.8. The molecule has 1 amide bonds. The number of nitrogens with zero attached hydrogens (tertiary/aromatic N) is 1. The van der Waals surface area contributed by atoms with Crippen LogP contribution in [0.1, 0.15) is 37.4 Å². The van der Waals surface area contributed by atoms with Crippen molar-refractivity contribution in [2.24, 2.45) is 5.92 Å². The summed E-state index contributed by atoms with van der Waals surface area (Å²) in [6.07, 6.45) is 0.658. The summed E-state index contributed by atoms with van der Waals surface area (Å²) in [6, 6.07) is 18.8. The summed E-state index contributed by atoms with van der Waals surface area (Å²) in [5, 5.41) is 3.64. The van der Waals surface area contributed by atoms with Gasteiger partial charge in [-0.1, -0.05) is 61.8 Å². The summed E-state index contributed by atoms with van der Waals surface area (Å²) in [5.74, 6) is -0.427. The number of likely N-dealkylation sites (N-methyl/N-ethyl adjacent to an activating group) is 1. The normalized spacial score (nSPS) is 12.1. The molecule has 4 nitrogen and oxygen atoms in total. The second kappa shape index (κ2) is 13.2. The number of nitrogens with one attached hydrogen (secondary N) is 1. The predicted octanol–water partition coefficient (Wildman–Crippen LogP) is 6.25. The highest BCUT2D eigenvalue weighted by atomic mass is 35.5. The maximum absolute atomic E-state index is 13.5. The second-order valence-corrected chi connectivity index (χ2v) is 8.85. The van der Waals surface area contributed by atoms with Crippen LogP contribution >= 0.6 is 11.6 Å². The number of rotatable bonds is 12. The Labute approximate surface area is 210 Å². The number of hydrogen-bond acceptors (Lipinski definition) is 3. The van der Waals surface area contributed by atoms with Gasteiger partial charge >= 0.3 is 0 Å². The van der Waals surface area contributed by atoms with Gasteiger partial charge in [0.25, 0.3) is 0 Å². The Hall–Kier alpha value is -2.96. The molecule has 3 aromatic rings. The first-order valence-corrected chi connectivity index (χ1v) is 12.2. The lowest BCUT2D eigenvalue weighted by Gasteiger charge is -2.25. The zero-order chi connectivity index (χ0) is 25.2. The molecule has 0 aliphatic heterocycles. The largest absolute Gasteiger partial charge is 0.491 e. The van der Waals surface area contributed by atoms with Crippen LogP contribution in [0.2, 0.25) is 5.02 Å². The minimum absolute atomic E-state index is 0.118. The summed E-state index contributed by atoms with van der Waals surface area (Å²) in [7, 11) is 0. The van der Waals surface area contributed by atoms with Crippen LogP contribution in [-0.2, 0) is 4.79 Å². The van der Waals surface area contributed by atoms with Gasteiger partial charge in [-0.15, -0.1) is 0 Å². The van der Waals surface area contributed by atoms with Crippen LogP contribution in [0.4, 0.5) is 8.78 Å². The van der Waals surface area contributed by atoms with Crippen LogP contribution in [0, 0.1) is 17.6 Å². The lowest BCUT2D eigenvalue weighted by Crippen LogP contribution is -2.36. The zero-order valence-electron chi connectivity index (χ0n) is 20.0. The van der Waals surface area contributed by atoms with Crippen LogP contribution < -0.4 is 10.1 Å². The van der Waals surface area contributed by atoms with Crippen LogP contribution in [-0.4, -0.2) is 37.0 Å². The number of carbonyl (C=O) groups excluding carboxylic acids is 1. The molecular formula is C28H31ClF2N2O2. The highest BCUT2D eigenvalue weighted by Crippen LogP contribution is 2.24. The number of ether oxygens (including phenoxy) is 1. The maximum atomic E-state index is 13.5. The maximum Gasteiger partial charge on any atom is 0.223 e. The number of hydrogen-bond donors (Lipinski definition) is 1. The van der Waals surface area contributed by atoms with Gasteiger partial charge in [0.2, 0.25) is 5.91 Å². The molecule has 0 bridgehead atoms. The van der Waals surface area contributed by atoms with Crippen molar-refractivity contribution >= 4 is 17.5 Å². The molecule has 0 spiro atoms. The predicted molar refractivity (Wildman–Crippen MR) is 136 cm³/mol. The Morgan fingerprint density at radius 3 is 2.06 bits per heavy atom. The average molecular weight is 501 g/mol. The smallest absolute Gasteiger partial charge is 0.223 e. The van der Waals surface area contributed by atoms with Crippen molar-refractivity contribution in [1.29, 1.82) is 0 Å². The molecule has 0 saturated heterocycles. The number of amides is 1. The quantitative estimate of drug-likeness (QED) is 0.319. The first kappa shape index (κ1) is 26.6. The molecule has 0 fully saturated rings. The summed E-state index contributed by atoms with van der Waals surface area (Å²) in [5.41, 5.74) is 1.45. The van der Waals surface area contributed by atoms with Gasteiger partial charge in [0, 0.05) is 12.5 Å². The molecule has 0 radical (unpaired) electrons. The van der Waals surface area contributed by atoms with E-state index >= 15 is 0 Å². The first-order chi connectivity index (χ1) is 16.9. The van der Waals surface area contributed by atoms with Crippen LogP contribution in [0.3, 0.4) is 0 Å². The SMILES string of the molecule is CCN(CCOc1ccccc1Cl)CCC(C)C(=O)NC(c1ccc(F)cc1)c1ccc(F)cc1. The van der Waals surface area contributed by atoms with Crippen molar-refractivity contribution < 1.29 is 18.3 Å². The molecule has 0 heterocycles. The molecule has 0 saturated carbocycles. The Morgan fingerprint density at radius 2 is 1.51 bits per heavy atom. The van der Waals surface area contributed by atoms with Crippen LogP contribution in [0.25, 0.3) is 0 Å². The third-order valence-electron chi connectivity index (χ3n) is 5.97. The van der Waals surface area contributed by atoms with Crippen molar-refractivity contribution in [2.75, 3.05) is 26.2 Å². The molecular weight excluding hydrogens is 470 g/mol. The van der Waals surface area contributed by atoms with Gasteiger partial charge in [0.15, 0.2) is 0 Å². The van der Waals surface area contributed by atoms with E-state index in [4.69, 9.17) is 16.3 Å². The topological polar surface area (TPSA) is 41.6 Å².